The van der Waals surface area contributed by atoms with Crippen LogP contribution in [0, 0.1) is 0 Å². The van der Waals surface area contributed by atoms with Crippen LogP contribution in [0.15, 0.2) is 89.5 Å². The monoisotopic (exact) mass is 605 g/mol. The second-order valence-electron chi connectivity index (χ2n) is 10.2. The molecule has 0 radical (unpaired) electrons. The average Bonchev–Trinajstić information content (AvgIpc) is 3.49. The zero-order valence-corrected chi connectivity index (χ0v) is 24.7. The summed E-state index contributed by atoms with van der Waals surface area (Å²) in [7, 11) is 0. The number of carboxylic acids is 1. The minimum atomic E-state index is -1.39. The van der Waals surface area contributed by atoms with E-state index in [0.29, 0.717) is 40.8 Å². The Kier molecular flexibility index (Phi) is 10.0. The molecule has 3 aromatic carbocycles. The highest BCUT2D eigenvalue weighted by atomic mass is 35.5. The van der Waals surface area contributed by atoms with E-state index < -0.39 is 29.8 Å². The summed E-state index contributed by atoms with van der Waals surface area (Å²) in [6, 6.07) is 23.8. The fourth-order valence-corrected chi connectivity index (χ4v) is 4.17. The molecule has 10 nitrogen and oxygen atoms in total. The second kappa shape index (κ2) is 13.9. The van der Waals surface area contributed by atoms with Gasteiger partial charge in [-0.15, -0.1) is 11.6 Å². The third kappa shape index (κ3) is 8.14. The number of nitrogens with one attached hydrogen (secondary N) is 1. The number of halogens is 1. The van der Waals surface area contributed by atoms with Crippen LogP contribution in [-0.4, -0.2) is 38.9 Å². The van der Waals surface area contributed by atoms with Gasteiger partial charge in [0.15, 0.2) is 17.5 Å². The van der Waals surface area contributed by atoms with Crippen molar-refractivity contribution in [1.82, 2.24) is 10.1 Å². The van der Waals surface area contributed by atoms with Crippen LogP contribution >= 0.6 is 11.6 Å². The van der Waals surface area contributed by atoms with E-state index >= 15 is 0 Å². The van der Waals surface area contributed by atoms with Crippen molar-refractivity contribution in [3.8, 4) is 17.0 Å². The van der Waals surface area contributed by atoms with Crippen LogP contribution in [-0.2, 0) is 22.0 Å². The molecule has 1 unspecified atom stereocenters. The lowest BCUT2D eigenvalue weighted by Crippen LogP contribution is -2.40. The van der Waals surface area contributed by atoms with E-state index in [2.05, 4.69) is 10.5 Å². The third-order valence-corrected chi connectivity index (χ3v) is 6.81. The van der Waals surface area contributed by atoms with Crippen molar-refractivity contribution in [2.45, 2.75) is 51.3 Å². The van der Waals surface area contributed by atoms with Crippen molar-refractivity contribution in [3.63, 3.8) is 0 Å². The molecule has 4 rings (SSSR count). The number of benzene rings is 3. The lowest BCUT2D eigenvalue weighted by molar-refractivity contribution is -0.152. The molecule has 0 saturated heterocycles. The topological polar surface area (TPSA) is 131 Å². The number of urea groups is 1. The van der Waals surface area contributed by atoms with Crippen molar-refractivity contribution in [2.75, 3.05) is 5.32 Å². The number of nitrogens with zero attached hydrogens (tertiary/aromatic N) is 2. The normalized spacial score (nSPS) is 11.8. The zero-order chi connectivity index (χ0) is 31.0. The first-order valence-corrected chi connectivity index (χ1v) is 14.1. The highest BCUT2D eigenvalue weighted by Gasteiger charge is 2.30. The molecule has 224 valence electrons. The second-order valence-corrected chi connectivity index (χ2v) is 10.4. The first-order chi connectivity index (χ1) is 20.6. The third-order valence-electron chi connectivity index (χ3n) is 6.51. The van der Waals surface area contributed by atoms with Crippen LogP contribution in [0.25, 0.3) is 11.3 Å². The molecule has 0 aliphatic carbocycles. The van der Waals surface area contributed by atoms with Crippen LogP contribution < -0.4 is 10.1 Å². The Morgan fingerprint density at radius 1 is 1.00 bits per heavy atom. The van der Waals surface area contributed by atoms with E-state index in [0.717, 1.165) is 16.0 Å². The molecule has 4 aromatic rings. The maximum absolute atomic E-state index is 13.4. The summed E-state index contributed by atoms with van der Waals surface area (Å²) in [6.45, 7) is 4.72. The predicted octanol–water partition coefficient (Wildman–Crippen LogP) is 7.64. The minimum absolute atomic E-state index is 0.0174. The van der Waals surface area contributed by atoms with Gasteiger partial charge in [0.25, 0.3) is 0 Å². The molecule has 1 aromatic heterocycles. The largest absolute Gasteiger partial charge is 0.478 e. The van der Waals surface area contributed by atoms with Crippen molar-refractivity contribution in [2.24, 2.45) is 0 Å². The summed E-state index contributed by atoms with van der Waals surface area (Å²) in [5, 5.41) is 16.1. The number of carbonyl (C=O) groups is 3. The van der Waals surface area contributed by atoms with E-state index in [9.17, 15) is 19.5 Å². The number of carboxylic acid groups (broad SMARTS) is 1. The summed E-state index contributed by atoms with van der Waals surface area (Å²) in [6.07, 6.45) is -1.31. The lowest BCUT2D eigenvalue weighted by Gasteiger charge is -2.23. The van der Waals surface area contributed by atoms with Gasteiger partial charge >= 0.3 is 18.1 Å². The fourth-order valence-electron chi connectivity index (χ4n) is 3.99. The van der Waals surface area contributed by atoms with Crippen LogP contribution in [0.2, 0.25) is 0 Å². The number of hydrogen-bond donors (Lipinski definition) is 2. The Morgan fingerprint density at radius 3 is 2.28 bits per heavy atom. The van der Waals surface area contributed by atoms with Gasteiger partial charge in [0.05, 0.1) is 6.54 Å². The first kappa shape index (κ1) is 31.1. The Morgan fingerprint density at radius 2 is 1.67 bits per heavy atom. The molecule has 0 aliphatic rings. The summed E-state index contributed by atoms with van der Waals surface area (Å²) in [5.41, 5.74) is 1.90. The molecule has 43 heavy (non-hydrogen) atoms. The maximum atomic E-state index is 13.4. The van der Waals surface area contributed by atoms with E-state index in [-0.39, 0.29) is 6.54 Å². The van der Waals surface area contributed by atoms with Crippen molar-refractivity contribution < 1.29 is 33.5 Å². The van der Waals surface area contributed by atoms with E-state index in [1.165, 1.54) is 13.8 Å². The quantitative estimate of drug-likeness (QED) is 0.167. The van der Waals surface area contributed by atoms with Gasteiger partial charge in [-0.2, -0.15) is 0 Å². The van der Waals surface area contributed by atoms with E-state index in [4.69, 9.17) is 25.6 Å². The lowest BCUT2D eigenvalue weighted by atomic mass is 10.1. The number of carbonyl (C=O) groups excluding carboxylic acids is 2. The number of anilines is 1. The van der Waals surface area contributed by atoms with Crippen molar-refractivity contribution in [1.29, 1.82) is 0 Å². The van der Waals surface area contributed by atoms with Crippen LogP contribution in [0.1, 0.15) is 50.2 Å². The number of rotatable bonds is 11. The molecular weight excluding hydrogens is 574 g/mol. The fraction of sp³-hybridized carbons (Fsp3) is 0.250. The number of aromatic nitrogens is 1. The molecule has 0 spiro atoms. The number of hydrogen-bond acceptors (Lipinski definition) is 7. The van der Waals surface area contributed by atoms with Gasteiger partial charge in [-0.1, -0.05) is 54.5 Å². The zero-order valence-electron chi connectivity index (χ0n) is 24.0. The smallest absolute Gasteiger partial charge is 0.419 e. The summed E-state index contributed by atoms with van der Waals surface area (Å²) in [4.78, 5) is 39.0. The number of aliphatic carboxylic acids is 1. The van der Waals surface area contributed by atoms with E-state index in [1.54, 1.807) is 54.6 Å². The van der Waals surface area contributed by atoms with Gasteiger partial charge in [0.2, 0.25) is 0 Å². The molecule has 1 atom stereocenters. The SMILES string of the molecule is CCC(OC(=O)N(Cc1ccccc1)C(=O)Nc1ccc(CCl)cc1)c1cc(-c2ccc(OC(C)(C)C(=O)O)cc2)no1. The molecule has 0 saturated carbocycles. The molecule has 0 fully saturated rings. The summed E-state index contributed by atoms with van der Waals surface area (Å²) < 4.78 is 16.8. The van der Waals surface area contributed by atoms with Crippen LogP contribution in [0.5, 0.6) is 5.75 Å². The molecule has 0 aliphatic heterocycles. The number of amides is 3. The predicted molar refractivity (Wildman–Crippen MR) is 161 cm³/mol. The van der Waals surface area contributed by atoms with Crippen molar-refractivity contribution in [3.05, 3.63) is 102 Å². The molecule has 0 bridgehead atoms. The van der Waals surface area contributed by atoms with Gasteiger partial charge in [-0.25, -0.2) is 19.3 Å². The van der Waals surface area contributed by atoms with Crippen molar-refractivity contribution >= 4 is 35.4 Å². The van der Waals surface area contributed by atoms with E-state index in [1.807, 2.05) is 37.3 Å². The first-order valence-electron chi connectivity index (χ1n) is 13.6. The number of imide groups is 1. The van der Waals surface area contributed by atoms with Crippen LogP contribution in [0.4, 0.5) is 15.3 Å². The molecule has 11 heteroatoms. The highest BCUT2D eigenvalue weighted by molar-refractivity contribution is 6.17. The Labute approximate surface area is 254 Å². The maximum Gasteiger partial charge on any atom is 0.419 e. The van der Waals surface area contributed by atoms with Gasteiger partial charge < -0.3 is 24.4 Å². The molecule has 3 amide bonds. The summed E-state index contributed by atoms with van der Waals surface area (Å²) in [5.74, 6) is -0.0617. The Bertz CT molecular complexity index is 1540. The van der Waals surface area contributed by atoms with Gasteiger partial charge in [-0.05, 0) is 67.8 Å². The number of ether oxygens (including phenoxy) is 2. The van der Waals surface area contributed by atoms with Gasteiger partial charge in [0, 0.05) is 23.2 Å². The van der Waals surface area contributed by atoms with Gasteiger partial charge in [0.1, 0.15) is 11.4 Å². The Balaban J connectivity index is 1.49. The molecular formula is C32H32ClN3O7. The van der Waals surface area contributed by atoms with Gasteiger partial charge in [-0.3, -0.25) is 0 Å². The molecule has 1 heterocycles. The summed E-state index contributed by atoms with van der Waals surface area (Å²) >= 11 is 5.86. The minimum Gasteiger partial charge on any atom is -0.478 e. The highest BCUT2D eigenvalue weighted by Crippen LogP contribution is 2.29. The average molecular weight is 606 g/mol. The Hall–Kier alpha value is -4.83. The van der Waals surface area contributed by atoms with Crippen LogP contribution in [0.3, 0.4) is 0 Å². The standard InChI is InChI=1S/C32H32ClN3O7/c1-4-27(28-18-26(35-43-28)23-12-16-25(17-13-23)42-32(2,3)29(37)38)41-31(40)36(20-22-8-6-5-7-9-22)30(39)34-24-14-10-21(19-33)11-15-24/h5-18,27H,4,19-20H2,1-3H3,(H,34,39)(H,37,38). The number of alkyl halides is 1. The molecule has 2 N–H and O–H groups in total.